The van der Waals surface area contributed by atoms with Crippen LogP contribution in [0.15, 0.2) is 84.0 Å². The Hall–Kier alpha value is -4.31. The summed E-state index contributed by atoms with van der Waals surface area (Å²) in [6, 6.07) is 23.3. The van der Waals surface area contributed by atoms with Crippen LogP contribution in [0.3, 0.4) is 0 Å². The Kier molecular flexibility index (Phi) is 8.43. The molecular weight excluding hydrogens is 420 g/mol. The molecule has 0 fully saturated rings. The van der Waals surface area contributed by atoms with Crippen LogP contribution in [-0.4, -0.2) is 36.5 Å². The summed E-state index contributed by atoms with van der Waals surface area (Å²) in [5.41, 5.74) is 3.31. The Morgan fingerprint density at radius 1 is 0.970 bits per heavy atom. The van der Waals surface area contributed by atoms with Gasteiger partial charge in [-0.25, -0.2) is 11.4 Å². The molecule has 7 heteroatoms. The van der Waals surface area contributed by atoms with E-state index in [1.165, 1.54) is 7.11 Å². The summed E-state index contributed by atoms with van der Waals surface area (Å²) in [4.78, 5) is 19.1. The van der Waals surface area contributed by atoms with Gasteiger partial charge in [0.15, 0.2) is 0 Å². The van der Waals surface area contributed by atoms with Gasteiger partial charge < -0.3 is 24.3 Å². The van der Waals surface area contributed by atoms with Gasteiger partial charge in [0.25, 0.3) is 0 Å². The van der Waals surface area contributed by atoms with Crippen LogP contribution in [0, 0.1) is 6.57 Å². The molecule has 168 valence electrons. The Balaban J connectivity index is 1.56. The van der Waals surface area contributed by atoms with Crippen molar-refractivity contribution < 1.29 is 24.2 Å². The number of hydrogen-bond donors (Lipinski definition) is 1. The zero-order valence-electron chi connectivity index (χ0n) is 18.2. The van der Waals surface area contributed by atoms with E-state index < -0.39 is 12.0 Å². The third-order valence-corrected chi connectivity index (χ3v) is 4.78. The van der Waals surface area contributed by atoms with Gasteiger partial charge in [-0.05, 0) is 35.4 Å². The highest BCUT2D eigenvalue weighted by molar-refractivity contribution is 6.01. The van der Waals surface area contributed by atoms with Crippen molar-refractivity contribution in [2.75, 3.05) is 13.7 Å². The van der Waals surface area contributed by atoms with Crippen LogP contribution in [-0.2, 0) is 22.7 Å². The second-order valence-electron chi connectivity index (χ2n) is 7.14. The second-order valence-corrected chi connectivity index (χ2v) is 7.14. The molecule has 0 aliphatic rings. The van der Waals surface area contributed by atoms with Gasteiger partial charge in [0, 0.05) is 5.56 Å². The van der Waals surface area contributed by atoms with E-state index in [-0.39, 0.29) is 13.0 Å². The van der Waals surface area contributed by atoms with Crippen LogP contribution in [0.5, 0.6) is 11.5 Å². The van der Waals surface area contributed by atoms with Crippen molar-refractivity contribution in [2.45, 2.75) is 19.1 Å². The summed E-state index contributed by atoms with van der Waals surface area (Å²) in [5.74, 6) is 0.222. The summed E-state index contributed by atoms with van der Waals surface area (Å²) >= 11 is 0. The van der Waals surface area contributed by atoms with Crippen molar-refractivity contribution in [1.29, 1.82) is 0 Å². The number of benzene rings is 3. The fourth-order valence-electron chi connectivity index (χ4n) is 3.08. The van der Waals surface area contributed by atoms with E-state index in [1.54, 1.807) is 24.3 Å². The monoisotopic (exact) mass is 444 g/mol. The molecule has 0 saturated carbocycles. The third kappa shape index (κ3) is 7.11. The van der Waals surface area contributed by atoms with Crippen molar-refractivity contribution in [2.24, 2.45) is 5.16 Å². The quantitative estimate of drug-likeness (QED) is 0.265. The third-order valence-electron chi connectivity index (χ3n) is 4.78. The van der Waals surface area contributed by atoms with Crippen LogP contribution < -0.4 is 9.47 Å². The van der Waals surface area contributed by atoms with Gasteiger partial charge in [-0.2, -0.15) is 0 Å². The maximum absolute atomic E-state index is 11.0. The predicted molar refractivity (Wildman–Crippen MR) is 124 cm³/mol. The molecule has 0 heterocycles. The highest BCUT2D eigenvalue weighted by Crippen LogP contribution is 2.19. The van der Waals surface area contributed by atoms with Crippen molar-refractivity contribution in [3.8, 4) is 11.5 Å². The smallest absolute Gasteiger partial charge is 0.388 e. The lowest BCUT2D eigenvalue weighted by Crippen LogP contribution is -2.18. The fraction of sp³-hybridized carbons (Fsp3) is 0.192. The zero-order chi connectivity index (χ0) is 23.5. The van der Waals surface area contributed by atoms with Gasteiger partial charge in [-0.1, -0.05) is 59.8 Å². The summed E-state index contributed by atoms with van der Waals surface area (Å²) < 4.78 is 11.8. The lowest BCUT2D eigenvalue weighted by atomic mass is 10.1. The van der Waals surface area contributed by atoms with E-state index in [0.717, 1.165) is 16.7 Å². The first-order chi connectivity index (χ1) is 16.1. The van der Waals surface area contributed by atoms with E-state index in [9.17, 15) is 4.79 Å². The van der Waals surface area contributed by atoms with Crippen LogP contribution in [0.4, 0.5) is 0 Å². The zero-order valence-corrected chi connectivity index (χ0v) is 18.2. The van der Waals surface area contributed by atoms with Crippen molar-refractivity contribution in [3.63, 3.8) is 0 Å². The number of nitrogens with zero attached hydrogens (tertiary/aromatic N) is 2. The molecular formula is C26H24N2O5. The molecule has 7 nitrogen and oxygen atoms in total. The Morgan fingerprint density at radius 2 is 1.73 bits per heavy atom. The van der Waals surface area contributed by atoms with Crippen LogP contribution in [0.2, 0.25) is 0 Å². The number of oxime groups is 1. The molecule has 1 atom stereocenters. The average Bonchev–Trinajstić information content (AvgIpc) is 2.85. The molecule has 0 bridgehead atoms. The first kappa shape index (κ1) is 23.4. The van der Waals surface area contributed by atoms with E-state index in [0.29, 0.717) is 23.8 Å². The van der Waals surface area contributed by atoms with E-state index in [1.807, 2.05) is 54.6 Å². The normalized spacial score (nSPS) is 11.8. The maximum Gasteiger partial charge on any atom is 0.388 e. The summed E-state index contributed by atoms with van der Waals surface area (Å²) in [5, 5.41) is 13.1. The molecule has 0 radical (unpaired) electrons. The fourth-order valence-corrected chi connectivity index (χ4v) is 3.08. The molecule has 3 rings (SSSR count). The first-order valence-electron chi connectivity index (χ1n) is 10.3. The minimum absolute atomic E-state index is 0.163. The van der Waals surface area contributed by atoms with Gasteiger partial charge in [-0.15, -0.1) is 0 Å². The summed E-state index contributed by atoms with van der Waals surface area (Å²) in [6.45, 7) is 7.57. The summed E-state index contributed by atoms with van der Waals surface area (Å²) in [6.07, 6.45) is 0.163. The van der Waals surface area contributed by atoms with E-state index in [4.69, 9.17) is 26.0 Å². The standard InChI is InChI=1S/C26H24N2O5/c1-27-24(26(29)30)16-19-11-13-22(14-12-19)32-17-20-7-6-10-23(15-20)33-18-25(28-31-2)21-8-4-3-5-9-21/h3-15,24H,16-18H2,2H3,(H,29,30)/b28-25-. The first-order valence-corrected chi connectivity index (χ1v) is 10.3. The highest BCUT2D eigenvalue weighted by Gasteiger charge is 2.22. The Bertz CT molecular complexity index is 1120. The minimum Gasteiger partial charge on any atom is -0.489 e. The number of carboxylic acids is 1. The van der Waals surface area contributed by atoms with E-state index >= 15 is 0 Å². The number of aliphatic carboxylic acids is 1. The molecule has 0 spiro atoms. The molecule has 0 saturated heterocycles. The number of ether oxygens (including phenoxy) is 2. The number of carboxylic acid groups (broad SMARTS) is 1. The van der Waals surface area contributed by atoms with Crippen molar-refractivity contribution in [3.05, 3.63) is 107 Å². The number of rotatable bonds is 11. The molecule has 0 aliphatic carbocycles. The van der Waals surface area contributed by atoms with Gasteiger partial charge >= 0.3 is 12.0 Å². The summed E-state index contributed by atoms with van der Waals surface area (Å²) in [7, 11) is 1.50. The largest absolute Gasteiger partial charge is 0.489 e. The van der Waals surface area contributed by atoms with Gasteiger partial charge in [0.2, 0.25) is 0 Å². The minimum atomic E-state index is -1.11. The van der Waals surface area contributed by atoms with E-state index in [2.05, 4.69) is 10.0 Å². The van der Waals surface area contributed by atoms with Crippen molar-refractivity contribution >= 4 is 11.7 Å². The maximum atomic E-state index is 11.0. The lowest BCUT2D eigenvalue weighted by molar-refractivity contribution is -0.137. The number of carbonyl (C=O) groups is 1. The molecule has 1 unspecified atom stereocenters. The lowest BCUT2D eigenvalue weighted by Gasteiger charge is -2.11. The molecule has 3 aromatic rings. The van der Waals surface area contributed by atoms with Crippen LogP contribution in [0.1, 0.15) is 16.7 Å². The van der Waals surface area contributed by atoms with Crippen LogP contribution in [0.25, 0.3) is 4.85 Å². The Morgan fingerprint density at radius 3 is 2.39 bits per heavy atom. The molecule has 0 aliphatic heterocycles. The SMILES string of the molecule is [C-]#[N+]C(Cc1ccc(OCc2cccc(OC/C(=N/OC)c3ccccc3)c2)cc1)C(=O)O. The van der Waals surface area contributed by atoms with Crippen molar-refractivity contribution in [1.82, 2.24) is 0 Å². The molecule has 33 heavy (non-hydrogen) atoms. The topological polar surface area (TPSA) is 81.7 Å². The number of hydrogen-bond acceptors (Lipinski definition) is 5. The highest BCUT2D eigenvalue weighted by atomic mass is 16.6. The predicted octanol–water partition coefficient (Wildman–Crippen LogP) is 4.61. The van der Waals surface area contributed by atoms with Gasteiger partial charge in [0.05, 0.1) is 6.42 Å². The molecule has 0 aromatic heterocycles. The van der Waals surface area contributed by atoms with Crippen LogP contribution >= 0.6 is 0 Å². The average molecular weight is 444 g/mol. The molecule has 0 amide bonds. The van der Waals surface area contributed by atoms with Gasteiger partial charge in [-0.3, -0.25) is 0 Å². The Labute approximate surface area is 192 Å². The molecule has 1 N–H and O–H groups in total. The second kappa shape index (κ2) is 11.9. The van der Waals surface area contributed by atoms with Gasteiger partial charge in [0.1, 0.15) is 37.5 Å². The molecule has 3 aromatic carbocycles.